The number of nitrogens with one attached hydrogen (secondary N) is 1. The Bertz CT molecular complexity index is 768. The molecule has 0 fully saturated rings. The highest BCUT2D eigenvalue weighted by molar-refractivity contribution is 7.47. The summed E-state index contributed by atoms with van der Waals surface area (Å²) < 4.78 is 23.3. The molecule has 0 radical (unpaired) electrons. The highest BCUT2D eigenvalue weighted by Gasteiger charge is 2.28. The molecule has 0 aliphatic heterocycles. The Balaban J connectivity index is 4.48. The van der Waals surface area contributed by atoms with E-state index in [9.17, 15) is 19.4 Å². The second-order valence-electron chi connectivity index (χ2n) is 12.9. The van der Waals surface area contributed by atoms with E-state index in [4.69, 9.17) is 9.05 Å². The molecule has 0 saturated heterocycles. The third-order valence-electron chi connectivity index (χ3n) is 7.45. The fourth-order valence-corrected chi connectivity index (χ4v) is 5.32. The Morgan fingerprint density at radius 1 is 0.791 bits per heavy atom. The number of carbonyl (C=O) groups is 1. The minimum atomic E-state index is -4.30. The van der Waals surface area contributed by atoms with Gasteiger partial charge in [0.25, 0.3) is 0 Å². The molecule has 0 spiro atoms. The molecule has 9 heteroatoms. The van der Waals surface area contributed by atoms with Gasteiger partial charge in [-0.15, -0.1) is 0 Å². The van der Waals surface area contributed by atoms with Gasteiger partial charge in [-0.1, -0.05) is 115 Å². The van der Waals surface area contributed by atoms with E-state index in [1.54, 1.807) is 0 Å². The summed E-state index contributed by atoms with van der Waals surface area (Å²) in [4.78, 5) is 22.8. The zero-order valence-electron chi connectivity index (χ0n) is 28.4. The monoisotopic (exact) mass is 631 g/mol. The van der Waals surface area contributed by atoms with Crippen LogP contribution in [-0.2, 0) is 18.4 Å². The number of unbranched alkanes of at least 4 members (excludes halogenated alkanes) is 13. The van der Waals surface area contributed by atoms with Crippen molar-refractivity contribution in [2.45, 2.75) is 148 Å². The quantitative estimate of drug-likeness (QED) is 0.0319. The summed E-state index contributed by atoms with van der Waals surface area (Å²) >= 11 is 0. The predicted molar refractivity (Wildman–Crippen MR) is 180 cm³/mol. The predicted octanol–water partition coefficient (Wildman–Crippen LogP) is 8.24. The molecule has 0 heterocycles. The first-order valence-corrected chi connectivity index (χ1v) is 18.7. The van der Waals surface area contributed by atoms with Gasteiger partial charge in [-0.2, -0.15) is 0 Å². The van der Waals surface area contributed by atoms with Gasteiger partial charge in [0.05, 0.1) is 39.9 Å². The number of likely N-dealkylation sites (N-methyl/N-ethyl adjacent to an activating group) is 1. The first kappa shape index (κ1) is 42.0. The van der Waals surface area contributed by atoms with Crippen LogP contribution < -0.4 is 5.32 Å². The minimum absolute atomic E-state index is 0.0711. The number of hydrogen-bond donors (Lipinski definition) is 3. The Morgan fingerprint density at radius 3 is 1.98 bits per heavy atom. The lowest BCUT2D eigenvalue weighted by Gasteiger charge is -2.26. The Morgan fingerprint density at radius 2 is 1.35 bits per heavy atom. The fourth-order valence-electron chi connectivity index (χ4n) is 4.59. The fraction of sp³-hybridized carbons (Fsp3) is 0.853. The number of carbonyl (C=O) groups excluding carboxylic acids is 1. The minimum Gasteiger partial charge on any atom is -0.391 e. The van der Waals surface area contributed by atoms with Crippen LogP contribution in [0.25, 0.3) is 0 Å². The average molecular weight is 632 g/mol. The second kappa shape index (κ2) is 27.3. The molecule has 0 bridgehead atoms. The van der Waals surface area contributed by atoms with E-state index < -0.39 is 20.0 Å². The molecule has 3 N–H and O–H groups in total. The molecule has 1 amide bonds. The first-order valence-electron chi connectivity index (χ1n) is 17.2. The van der Waals surface area contributed by atoms with Crippen LogP contribution >= 0.6 is 7.82 Å². The molecule has 3 unspecified atom stereocenters. The number of phosphoric acid groups is 1. The molecule has 0 aliphatic rings. The normalized spacial score (nSPS) is 15.2. The standard InChI is InChI=1S/C34H67N2O6P/c1-6-8-10-12-14-15-16-17-18-19-20-22-24-26-28-34(38)35-32(33(37)27-25-23-21-13-11-9-7-2)31-42-43(39,40)41-30-29-36(3,4)5/h12,14,16-17,32-33,37H,6-11,13,15,18-31H2,1-5H3,(H-,35,38,39,40)/p+1/b14-12-,17-16-. The zero-order chi connectivity index (χ0) is 32.2. The van der Waals surface area contributed by atoms with Crippen molar-refractivity contribution in [1.29, 1.82) is 0 Å². The van der Waals surface area contributed by atoms with Crippen LogP contribution in [0.1, 0.15) is 136 Å². The topological polar surface area (TPSA) is 105 Å². The van der Waals surface area contributed by atoms with Crippen LogP contribution in [0.3, 0.4) is 0 Å². The molecular weight excluding hydrogens is 563 g/mol. The molecule has 0 rings (SSSR count). The molecule has 43 heavy (non-hydrogen) atoms. The summed E-state index contributed by atoms with van der Waals surface area (Å²) in [7, 11) is 1.60. The lowest BCUT2D eigenvalue weighted by atomic mass is 10.0. The smallest absolute Gasteiger partial charge is 0.391 e. The molecule has 0 saturated carbocycles. The van der Waals surface area contributed by atoms with Crippen molar-refractivity contribution in [3.63, 3.8) is 0 Å². The Labute approximate surface area is 264 Å². The van der Waals surface area contributed by atoms with E-state index in [1.807, 2.05) is 21.1 Å². The van der Waals surface area contributed by atoms with Gasteiger partial charge in [-0.3, -0.25) is 13.8 Å². The number of rotatable bonds is 30. The van der Waals surface area contributed by atoms with Gasteiger partial charge < -0.3 is 19.8 Å². The average Bonchev–Trinajstić information content (AvgIpc) is 2.94. The van der Waals surface area contributed by atoms with Gasteiger partial charge >= 0.3 is 7.82 Å². The summed E-state index contributed by atoms with van der Waals surface area (Å²) in [6, 6.07) is -0.761. The van der Waals surface area contributed by atoms with E-state index in [0.29, 0.717) is 23.9 Å². The molecular formula is C34H68N2O6P+. The van der Waals surface area contributed by atoms with Crippen LogP contribution in [0.15, 0.2) is 24.3 Å². The number of aliphatic hydroxyl groups excluding tert-OH is 1. The van der Waals surface area contributed by atoms with Gasteiger partial charge in [0.15, 0.2) is 0 Å². The van der Waals surface area contributed by atoms with E-state index >= 15 is 0 Å². The third kappa shape index (κ3) is 29.5. The summed E-state index contributed by atoms with van der Waals surface area (Å²) in [6.45, 7) is 4.75. The van der Waals surface area contributed by atoms with E-state index in [1.165, 1.54) is 44.9 Å². The van der Waals surface area contributed by atoms with Crippen molar-refractivity contribution in [2.75, 3.05) is 40.9 Å². The number of quaternary nitrogens is 1. The van der Waals surface area contributed by atoms with Crippen LogP contribution in [0, 0.1) is 0 Å². The summed E-state index contributed by atoms with van der Waals surface area (Å²) in [6.07, 6.45) is 27.8. The van der Waals surface area contributed by atoms with Crippen molar-refractivity contribution in [2.24, 2.45) is 0 Å². The second-order valence-corrected chi connectivity index (χ2v) is 14.3. The molecule has 0 aliphatic carbocycles. The van der Waals surface area contributed by atoms with Crippen molar-refractivity contribution >= 4 is 13.7 Å². The maximum absolute atomic E-state index is 12.7. The maximum Gasteiger partial charge on any atom is 0.472 e. The van der Waals surface area contributed by atoms with Crippen molar-refractivity contribution in [3.8, 4) is 0 Å². The van der Waals surface area contributed by atoms with Crippen LogP contribution in [0.2, 0.25) is 0 Å². The van der Waals surface area contributed by atoms with Gasteiger partial charge in [0.1, 0.15) is 13.2 Å². The van der Waals surface area contributed by atoms with Gasteiger partial charge in [0.2, 0.25) is 5.91 Å². The zero-order valence-corrected chi connectivity index (χ0v) is 29.3. The van der Waals surface area contributed by atoms with Crippen molar-refractivity contribution < 1.29 is 32.9 Å². The molecule has 0 aromatic carbocycles. The van der Waals surface area contributed by atoms with Crippen LogP contribution in [0.4, 0.5) is 0 Å². The number of allylic oxidation sites excluding steroid dienone is 4. The number of hydrogen-bond acceptors (Lipinski definition) is 5. The van der Waals surface area contributed by atoms with E-state index in [0.717, 1.165) is 64.2 Å². The van der Waals surface area contributed by atoms with Crippen LogP contribution in [-0.4, -0.2) is 73.4 Å². The number of aliphatic hydroxyl groups is 1. The lowest BCUT2D eigenvalue weighted by molar-refractivity contribution is -0.870. The summed E-state index contributed by atoms with van der Waals surface area (Å²) in [5.74, 6) is -0.166. The Kier molecular flexibility index (Phi) is 26.7. The maximum atomic E-state index is 12.7. The molecule has 8 nitrogen and oxygen atoms in total. The largest absolute Gasteiger partial charge is 0.472 e. The number of nitrogens with zero attached hydrogens (tertiary/aromatic N) is 1. The molecule has 0 aromatic rings. The summed E-state index contributed by atoms with van der Waals surface area (Å²) in [5, 5.41) is 13.7. The SMILES string of the molecule is CCCC/C=C\C/C=C\CCCCCCCC(=O)NC(COP(=O)(O)OCC[N+](C)(C)C)C(O)CCCCCCCCC. The van der Waals surface area contributed by atoms with Crippen molar-refractivity contribution in [1.82, 2.24) is 5.32 Å². The molecule has 254 valence electrons. The highest BCUT2D eigenvalue weighted by Crippen LogP contribution is 2.43. The van der Waals surface area contributed by atoms with Crippen molar-refractivity contribution in [3.05, 3.63) is 24.3 Å². The molecule has 3 atom stereocenters. The van der Waals surface area contributed by atoms with Gasteiger partial charge in [-0.05, 0) is 38.5 Å². The number of phosphoric ester groups is 1. The van der Waals surface area contributed by atoms with Crippen LogP contribution in [0.5, 0.6) is 0 Å². The molecule has 0 aromatic heterocycles. The third-order valence-corrected chi connectivity index (χ3v) is 8.44. The Hall–Kier alpha value is -1.02. The van der Waals surface area contributed by atoms with E-state index in [2.05, 4.69) is 43.5 Å². The number of amides is 1. The highest BCUT2D eigenvalue weighted by atomic mass is 31.2. The lowest BCUT2D eigenvalue weighted by Crippen LogP contribution is -2.46. The summed E-state index contributed by atoms with van der Waals surface area (Å²) in [5.41, 5.74) is 0. The first-order chi connectivity index (χ1) is 20.5. The van der Waals surface area contributed by atoms with Gasteiger partial charge in [-0.25, -0.2) is 4.57 Å². The van der Waals surface area contributed by atoms with E-state index in [-0.39, 0.29) is 19.1 Å². The van der Waals surface area contributed by atoms with Gasteiger partial charge in [0, 0.05) is 6.42 Å².